The van der Waals surface area contributed by atoms with E-state index in [0.717, 1.165) is 35.5 Å². The number of nitrogens with two attached hydrogens (primary N) is 1. The van der Waals surface area contributed by atoms with E-state index in [4.69, 9.17) is 15.2 Å². The van der Waals surface area contributed by atoms with E-state index in [1.54, 1.807) is 25.4 Å². The van der Waals surface area contributed by atoms with Crippen LogP contribution >= 0.6 is 0 Å². The molecule has 3 aromatic rings. The van der Waals surface area contributed by atoms with Gasteiger partial charge in [0.05, 0.1) is 26.1 Å². The highest BCUT2D eigenvalue weighted by Crippen LogP contribution is 2.40. The van der Waals surface area contributed by atoms with Crippen LogP contribution in [-0.4, -0.2) is 34.2 Å². The summed E-state index contributed by atoms with van der Waals surface area (Å²) in [6.07, 6.45) is 3.89. The van der Waals surface area contributed by atoms with Crippen LogP contribution in [0.3, 0.4) is 0 Å². The topological polar surface area (TPSA) is 91.0 Å². The summed E-state index contributed by atoms with van der Waals surface area (Å²) in [5.74, 6) is 0.470. The van der Waals surface area contributed by atoms with Gasteiger partial charge in [0.2, 0.25) is 0 Å². The van der Waals surface area contributed by atoms with Crippen LogP contribution in [0.25, 0.3) is 11.4 Å². The predicted molar refractivity (Wildman–Crippen MR) is 104 cm³/mol. The molecular weight excluding hydrogens is 361 g/mol. The number of halogens is 1. The van der Waals surface area contributed by atoms with Crippen LogP contribution in [0, 0.1) is 5.82 Å². The Bertz CT molecular complexity index is 1010. The summed E-state index contributed by atoms with van der Waals surface area (Å²) in [5.41, 5.74) is 11.2. The first-order valence-electron chi connectivity index (χ1n) is 9.36. The van der Waals surface area contributed by atoms with Gasteiger partial charge in [-0.3, -0.25) is 9.78 Å². The predicted octanol–water partition coefficient (Wildman–Crippen LogP) is 3.30. The number of nitrogens with one attached hydrogen (secondary N) is 1. The molecule has 0 saturated carbocycles. The third-order valence-corrected chi connectivity index (χ3v) is 5.47. The number of methoxy groups -OCH3 is 2. The molecule has 0 bridgehead atoms. The SMILES string of the molecule is CCn1ncc(N)c1-c1n[nH]c2c1CCC(c1cc(OC)cc(OC)c1F)C2. The summed E-state index contributed by atoms with van der Waals surface area (Å²) < 4.78 is 27.2. The molecule has 2 aromatic heterocycles. The van der Waals surface area contributed by atoms with Gasteiger partial charge in [0.1, 0.15) is 17.1 Å². The summed E-state index contributed by atoms with van der Waals surface area (Å²) in [6.45, 7) is 2.73. The van der Waals surface area contributed by atoms with Gasteiger partial charge in [-0.05, 0) is 43.7 Å². The Labute approximate surface area is 162 Å². The highest BCUT2D eigenvalue weighted by molar-refractivity contribution is 5.73. The van der Waals surface area contributed by atoms with Gasteiger partial charge in [-0.15, -0.1) is 0 Å². The molecule has 1 atom stereocenters. The number of aromatic amines is 1. The maximum Gasteiger partial charge on any atom is 0.168 e. The van der Waals surface area contributed by atoms with E-state index in [1.807, 2.05) is 11.6 Å². The molecule has 0 spiro atoms. The fourth-order valence-corrected chi connectivity index (χ4v) is 4.02. The number of nitrogens with zero attached hydrogens (tertiary/aromatic N) is 3. The van der Waals surface area contributed by atoms with Crippen molar-refractivity contribution < 1.29 is 13.9 Å². The van der Waals surface area contributed by atoms with Crippen LogP contribution in [0.15, 0.2) is 18.3 Å². The summed E-state index contributed by atoms with van der Waals surface area (Å²) in [5, 5.41) is 12.0. The van der Waals surface area contributed by atoms with E-state index in [0.29, 0.717) is 30.0 Å². The Morgan fingerprint density at radius 2 is 2.14 bits per heavy atom. The van der Waals surface area contributed by atoms with Gasteiger partial charge in [-0.2, -0.15) is 10.2 Å². The first kappa shape index (κ1) is 18.3. The van der Waals surface area contributed by atoms with Crippen LogP contribution in [0.4, 0.5) is 10.1 Å². The molecule has 0 radical (unpaired) electrons. The molecule has 0 amide bonds. The Kier molecular flexibility index (Phi) is 4.70. The number of aromatic nitrogens is 4. The zero-order chi connectivity index (χ0) is 19.8. The third kappa shape index (κ3) is 2.89. The zero-order valence-corrected chi connectivity index (χ0v) is 16.3. The molecule has 4 rings (SSSR count). The number of nitrogen functional groups attached to an aromatic ring is 1. The monoisotopic (exact) mass is 385 g/mol. The Balaban J connectivity index is 1.69. The summed E-state index contributed by atoms with van der Waals surface area (Å²) in [6, 6.07) is 3.32. The second kappa shape index (κ2) is 7.18. The van der Waals surface area contributed by atoms with Crippen molar-refractivity contribution in [3.63, 3.8) is 0 Å². The van der Waals surface area contributed by atoms with E-state index in [-0.39, 0.29) is 17.5 Å². The second-order valence-electron chi connectivity index (χ2n) is 6.97. The van der Waals surface area contributed by atoms with Crippen molar-refractivity contribution in [3.05, 3.63) is 41.0 Å². The average Bonchev–Trinajstić information content (AvgIpc) is 3.30. The van der Waals surface area contributed by atoms with Crippen molar-refractivity contribution in [2.24, 2.45) is 0 Å². The highest BCUT2D eigenvalue weighted by Gasteiger charge is 2.29. The van der Waals surface area contributed by atoms with E-state index < -0.39 is 0 Å². The molecule has 7 nitrogen and oxygen atoms in total. The lowest BCUT2D eigenvalue weighted by molar-refractivity contribution is 0.367. The lowest BCUT2D eigenvalue weighted by atomic mass is 9.81. The van der Waals surface area contributed by atoms with E-state index >= 15 is 0 Å². The van der Waals surface area contributed by atoms with Crippen LogP contribution in [0.1, 0.15) is 36.1 Å². The number of benzene rings is 1. The summed E-state index contributed by atoms with van der Waals surface area (Å²) in [4.78, 5) is 0. The van der Waals surface area contributed by atoms with Gasteiger partial charge in [-0.25, -0.2) is 4.39 Å². The number of rotatable bonds is 5. The van der Waals surface area contributed by atoms with Crippen molar-refractivity contribution in [2.45, 2.75) is 38.6 Å². The van der Waals surface area contributed by atoms with Crippen molar-refractivity contribution in [1.82, 2.24) is 20.0 Å². The summed E-state index contributed by atoms with van der Waals surface area (Å²) in [7, 11) is 3.03. The van der Waals surface area contributed by atoms with Crippen molar-refractivity contribution in [1.29, 1.82) is 0 Å². The number of hydrogen-bond acceptors (Lipinski definition) is 5. The molecule has 1 aliphatic carbocycles. The second-order valence-corrected chi connectivity index (χ2v) is 6.97. The molecule has 3 N–H and O–H groups in total. The normalized spacial score (nSPS) is 16.1. The molecule has 28 heavy (non-hydrogen) atoms. The Hall–Kier alpha value is -3.03. The highest BCUT2D eigenvalue weighted by atomic mass is 19.1. The maximum atomic E-state index is 14.9. The van der Waals surface area contributed by atoms with Crippen molar-refractivity contribution in [2.75, 3.05) is 20.0 Å². The molecule has 1 unspecified atom stereocenters. The first-order valence-corrected chi connectivity index (χ1v) is 9.36. The number of H-pyrrole nitrogens is 1. The van der Waals surface area contributed by atoms with Crippen LogP contribution < -0.4 is 15.2 Å². The van der Waals surface area contributed by atoms with Crippen molar-refractivity contribution in [3.8, 4) is 22.9 Å². The van der Waals surface area contributed by atoms with Crippen LogP contribution in [0.2, 0.25) is 0 Å². The lowest BCUT2D eigenvalue weighted by Gasteiger charge is -2.24. The minimum Gasteiger partial charge on any atom is -0.497 e. The molecule has 148 valence electrons. The molecule has 1 aliphatic rings. The van der Waals surface area contributed by atoms with Gasteiger partial charge in [0, 0.05) is 23.9 Å². The van der Waals surface area contributed by atoms with Gasteiger partial charge in [-0.1, -0.05) is 0 Å². The minimum atomic E-state index is -0.329. The molecule has 0 fully saturated rings. The third-order valence-electron chi connectivity index (χ3n) is 5.47. The number of anilines is 1. The van der Waals surface area contributed by atoms with Crippen LogP contribution in [-0.2, 0) is 19.4 Å². The zero-order valence-electron chi connectivity index (χ0n) is 16.3. The van der Waals surface area contributed by atoms with Gasteiger partial charge >= 0.3 is 0 Å². The molecule has 0 aliphatic heterocycles. The number of ether oxygens (including phenoxy) is 2. The standard InChI is InChI=1S/C20H24FN5O2/c1-4-26-20(15(22)10-23-26)19-13-6-5-11(7-16(13)24-25-19)14-8-12(27-2)9-17(28-3)18(14)21/h8-11H,4-7,22H2,1-3H3,(H,24,25). The molecule has 0 saturated heterocycles. The lowest BCUT2D eigenvalue weighted by Crippen LogP contribution is -2.15. The van der Waals surface area contributed by atoms with E-state index in [2.05, 4.69) is 15.3 Å². The number of hydrogen-bond donors (Lipinski definition) is 2. The minimum absolute atomic E-state index is 0.0123. The summed E-state index contributed by atoms with van der Waals surface area (Å²) >= 11 is 0. The van der Waals surface area contributed by atoms with E-state index in [1.165, 1.54) is 7.11 Å². The quantitative estimate of drug-likeness (QED) is 0.703. The Morgan fingerprint density at radius 3 is 2.86 bits per heavy atom. The molecule has 8 heteroatoms. The first-order chi connectivity index (χ1) is 13.6. The molecule has 2 heterocycles. The maximum absolute atomic E-state index is 14.9. The molecular formula is C20H24FN5O2. The fraction of sp³-hybridized carbons (Fsp3) is 0.400. The number of aryl methyl sites for hydroxylation is 1. The average molecular weight is 385 g/mol. The van der Waals surface area contributed by atoms with Crippen LogP contribution in [0.5, 0.6) is 11.5 Å². The van der Waals surface area contributed by atoms with Gasteiger partial charge in [0.15, 0.2) is 11.6 Å². The van der Waals surface area contributed by atoms with Gasteiger partial charge in [0.25, 0.3) is 0 Å². The molecule has 1 aromatic carbocycles. The van der Waals surface area contributed by atoms with Crippen molar-refractivity contribution >= 4 is 5.69 Å². The fourth-order valence-electron chi connectivity index (χ4n) is 4.02. The number of fused-ring (bicyclic) bond motifs is 1. The van der Waals surface area contributed by atoms with Gasteiger partial charge < -0.3 is 15.2 Å². The largest absolute Gasteiger partial charge is 0.497 e. The van der Waals surface area contributed by atoms with E-state index in [9.17, 15) is 4.39 Å². The Morgan fingerprint density at radius 1 is 1.32 bits per heavy atom. The smallest absolute Gasteiger partial charge is 0.168 e.